The summed E-state index contributed by atoms with van der Waals surface area (Å²) < 4.78 is 0. The Labute approximate surface area is 209 Å². The van der Waals surface area contributed by atoms with E-state index < -0.39 is 0 Å². The molecule has 0 spiro atoms. The Bertz CT molecular complexity index is 1150. The maximum absolute atomic E-state index is 12.5. The van der Waals surface area contributed by atoms with Crippen LogP contribution in [0.3, 0.4) is 0 Å². The van der Waals surface area contributed by atoms with Crippen LogP contribution in [0.15, 0.2) is 78.9 Å². The molecule has 0 aromatic heterocycles. The van der Waals surface area contributed by atoms with Gasteiger partial charge in [0.2, 0.25) is 0 Å². The molecule has 5 nitrogen and oxygen atoms in total. The molecule has 0 atom stereocenters. The van der Waals surface area contributed by atoms with Crippen LogP contribution >= 0.6 is 0 Å². The summed E-state index contributed by atoms with van der Waals surface area (Å²) in [5, 5.41) is 3.05. The number of piperazine rings is 1. The van der Waals surface area contributed by atoms with Gasteiger partial charge >= 0.3 is 0 Å². The lowest BCUT2D eigenvalue weighted by molar-refractivity contribution is 0.0951. The third-order valence-corrected chi connectivity index (χ3v) is 6.46. The van der Waals surface area contributed by atoms with E-state index in [0.717, 1.165) is 43.9 Å². The molecule has 1 heterocycles. The molecule has 1 amide bonds. The quantitative estimate of drug-likeness (QED) is 0.514. The number of rotatable bonds is 8. The van der Waals surface area contributed by atoms with Crippen molar-refractivity contribution in [1.82, 2.24) is 10.2 Å². The van der Waals surface area contributed by atoms with Crippen molar-refractivity contribution in [3.63, 3.8) is 0 Å². The molecule has 1 aliphatic heterocycles. The number of nitrogens with one attached hydrogen (secondary N) is 1. The van der Waals surface area contributed by atoms with E-state index in [2.05, 4.69) is 94.8 Å². The summed E-state index contributed by atoms with van der Waals surface area (Å²) in [6.07, 6.45) is 4.47. The summed E-state index contributed by atoms with van der Waals surface area (Å²) in [5.74, 6) is -0.0329. The molecule has 0 bridgehead atoms. The summed E-state index contributed by atoms with van der Waals surface area (Å²) in [7, 11) is 4.12. The van der Waals surface area contributed by atoms with Crippen molar-refractivity contribution in [1.29, 1.82) is 0 Å². The number of aryl methyl sites for hydroxylation is 1. The van der Waals surface area contributed by atoms with E-state index in [1.165, 1.54) is 16.9 Å². The van der Waals surface area contributed by atoms with E-state index in [9.17, 15) is 4.79 Å². The van der Waals surface area contributed by atoms with E-state index in [1.54, 1.807) is 0 Å². The highest BCUT2D eigenvalue weighted by Crippen LogP contribution is 2.19. The van der Waals surface area contributed by atoms with E-state index in [0.29, 0.717) is 12.1 Å². The third kappa shape index (κ3) is 6.96. The van der Waals surface area contributed by atoms with Crippen molar-refractivity contribution in [2.45, 2.75) is 13.5 Å². The van der Waals surface area contributed by atoms with Gasteiger partial charge in [0, 0.05) is 70.3 Å². The average Bonchev–Trinajstić information content (AvgIpc) is 2.88. The number of carbonyl (C=O) groups is 1. The van der Waals surface area contributed by atoms with Crippen molar-refractivity contribution >= 4 is 23.4 Å². The Kier molecular flexibility index (Phi) is 8.22. The van der Waals surface area contributed by atoms with Crippen molar-refractivity contribution in [3.05, 3.63) is 101 Å². The van der Waals surface area contributed by atoms with E-state index in [1.807, 2.05) is 31.2 Å². The number of nitrogens with zero attached hydrogens (tertiary/aromatic N) is 3. The van der Waals surface area contributed by atoms with Gasteiger partial charge in [-0.05, 0) is 54.4 Å². The first-order valence-corrected chi connectivity index (χ1v) is 12.3. The molecule has 0 radical (unpaired) electrons. The molecule has 0 aliphatic carbocycles. The minimum Gasteiger partial charge on any atom is -0.378 e. The number of anilines is 2. The molecular weight excluding hydrogens is 432 g/mol. The molecule has 5 heteroatoms. The molecule has 1 fully saturated rings. The van der Waals surface area contributed by atoms with Gasteiger partial charge in [-0.3, -0.25) is 9.69 Å². The van der Waals surface area contributed by atoms with Crippen LogP contribution in [0, 0.1) is 6.92 Å². The van der Waals surface area contributed by atoms with Crippen molar-refractivity contribution in [2.75, 3.05) is 56.6 Å². The Morgan fingerprint density at radius 1 is 0.943 bits per heavy atom. The number of amides is 1. The second kappa shape index (κ2) is 11.7. The zero-order chi connectivity index (χ0) is 24.6. The Morgan fingerprint density at radius 2 is 1.69 bits per heavy atom. The van der Waals surface area contributed by atoms with Crippen molar-refractivity contribution in [3.8, 4) is 0 Å². The molecule has 3 aromatic rings. The first kappa shape index (κ1) is 24.6. The predicted molar refractivity (Wildman–Crippen MR) is 147 cm³/mol. The van der Waals surface area contributed by atoms with Crippen LogP contribution in [0.4, 0.5) is 11.4 Å². The maximum atomic E-state index is 12.5. The van der Waals surface area contributed by atoms with Gasteiger partial charge in [0.15, 0.2) is 0 Å². The lowest BCUT2D eigenvalue weighted by atomic mass is 10.1. The molecule has 0 saturated carbocycles. The second-order valence-corrected chi connectivity index (χ2v) is 9.40. The van der Waals surface area contributed by atoms with E-state index in [-0.39, 0.29) is 5.91 Å². The molecule has 4 rings (SSSR count). The highest BCUT2D eigenvalue weighted by atomic mass is 16.1. The standard InChI is InChI=1S/C30H36N4O/c1-24-7-4-10-27(21-24)30(35)31-23-26-8-5-11-29(22-26)34-19-17-33(18-20-34)16-6-9-25-12-14-28(15-13-25)32(2)3/h4-15,21-22H,16-20,23H2,1-3H3,(H,31,35). The minimum atomic E-state index is -0.0329. The highest BCUT2D eigenvalue weighted by Gasteiger charge is 2.16. The van der Waals surface area contributed by atoms with Gasteiger partial charge in [-0.1, -0.05) is 54.1 Å². The fraction of sp³-hybridized carbons (Fsp3) is 0.300. The monoisotopic (exact) mass is 468 g/mol. The molecule has 0 unspecified atom stereocenters. The van der Waals surface area contributed by atoms with Gasteiger partial charge in [0.25, 0.3) is 5.91 Å². The van der Waals surface area contributed by atoms with Crippen LogP contribution in [0.25, 0.3) is 6.08 Å². The number of hydrogen-bond acceptors (Lipinski definition) is 4. The molecule has 182 valence electrons. The molecule has 35 heavy (non-hydrogen) atoms. The predicted octanol–water partition coefficient (Wildman–Crippen LogP) is 4.83. The van der Waals surface area contributed by atoms with Gasteiger partial charge in [-0.15, -0.1) is 0 Å². The van der Waals surface area contributed by atoms with Crippen LogP contribution in [-0.2, 0) is 6.54 Å². The van der Waals surface area contributed by atoms with Gasteiger partial charge in [-0.25, -0.2) is 0 Å². The summed E-state index contributed by atoms with van der Waals surface area (Å²) in [5.41, 5.74) is 6.60. The van der Waals surface area contributed by atoms with Crippen LogP contribution in [0.1, 0.15) is 27.0 Å². The number of carbonyl (C=O) groups excluding carboxylic acids is 1. The first-order chi connectivity index (χ1) is 17.0. The molecule has 1 aliphatic rings. The summed E-state index contributed by atoms with van der Waals surface area (Å²) >= 11 is 0. The normalized spacial score (nSPS) is 14.3. The topological polar surface area (TPSA) is 38.8 Å². The lowest BCUT2D eigenvalue weighted by Crippen LogP contribution is -2.46. The van der Waals surface area contributed by atoms with Crippen molar-refractivity contribution < 1.29 is 4.79 Å². The number of hydrogen-bond donors (Lipinski definition) is 1. The summed E-state index contributed by atoms with van der Waals surface area (Å²) in [6, 6.07) is 24.9. The van der Waals surface area contributed by atoms with E-state index >= 15 is 0 Å². The summed E-state index contributed by atoms with van der Waals surface area (Å²) in [4.78, 5) is 19.5. The second-order valence-electron chi connectivity index (χ2n) is 9.40. The molecule has 1 saturated heterocycles. The maximum Gasteiger partial charge on any atom is 0.251 e. The molecular formula is C30H36N4O. The fourth-order valence-electron chi connectivity index (χ4n) is 4.34. The molecule has 3 aromatic carbocycles. The molecule has 1 N–H and O–H groups in total. The zero-order valence-corrected chi connectivity index (χ0v) is 21.1. The SMILES string of the molecule is Cc1cccc(C(=O)NCc2cccc(N3CCN(CC=Cc4ccc(N(C)C)cc4)CC3)c2)c1. The van der Waals surface area contributed by atoms with Crippen LogP contribution < -0.4 is 15.1 Å². The number of benzene rings is 3. The Balaban J connectivity index is 1.24. The summed E-state index contributed by atoms with van der Waals surface area (Å²) in [6.45, 7) is 7.58. The zero-order valence-electron chi connectivity index (χ0n) is 21.1. The Morgan fingerprint density at radius 3 is 2.40 bits per heavy atom. The smallest absolute Gasteiger partial charge is 0.251 e. The van der Waals surface area contributed by atoms with Crippen molar-refractivity contribution in [2.24, 2.45) is 0 Å². The van der Waals surface area contributed by atoms with Crippen LogP contribution in [0.2, 0.25) is 0 Å². The van der Waals surface area contributed by atoms with Gasteiger partial charge in [0.05, 0.1) is 0 Å². The Hall–Kier alpha value is -3.57. The highest BCUT2D eigenvalue weighted by molar-refractivity contribution is 5.94. The third-order valence-electron chi connectivity index (χ3n) is 6.46. The largest absolute Gasteiger partial charge is 0.378 e. The van der Waals surface area contributed by atoms with Gasteiger partial charge in [0.1, 0.15) is 0 Å². The fourth-order valence-corrected chi connectivity index (χ4v) is 4.34. The average molecular weight is 469 g/mol. The van der Waals surface area contributed by atoms with Gasteiger partial charge < -0.3 is 15.1 Å². The van der Waals surface area contributed by atoms with E-state index in [4.69, 9.17) is 0 Å². The lowest BCUT2D eigenvalue weighted by Gasteiger charge is -2.35. The first-order valence-electron chi connectivity index (χ1n) is 12.3. The van der Waals surface area contributed by atoms with Gasteiger partial charge in [-0.2, -0.15) is 0 Å². The van der Waals surface area contributed by atoms with Crippen LogP contribution in [-0.4, -0.2) is 57.6 Å². The van der Waals surface area contributed by atoms with Crippen LogP contribution in [0.5, 0.6) is 0 Å². The minimum absolute atomic E-state index is 0.0329.